The first-order valence-electron chi connectivity index (χ1n) is 7.62. The first kappa shape index (κ1) is 17.1. The van der Waals surface area contributed by atoms with Crippen molar-refractivity contribution in [2.24, 2.45) is 7.05 Å². The standard InChI is InChI=1S/C18H16ClFN4O/c1-12-16(7-8-17(25)14-9-21-23(2)11-14)18(19)24(22-12)10-13-3-5-15(20)6-4-13/h3-9,11H,10H2,1-2H3. The van der Waals surface area contributed by atoms with Crippen LogP contribution in [0.15, 0.2) is 42.7 Å². The maximum atomic E-state index is 13.0. The summed E-state index contributed by atoms with van der Waals surface area (Å²) < 4.78 is 16.2. The van der Waals surface area contributed by atoms with E-state index in [0.29, 0.717) is 28.5 Å². The van der Waals surface area contributed by atoms with Gasteiger partial charge in [-0.1, -0.05) is 23.7 Å². The molecule has 1 aromatic carbocycles. The van der Waals surface area contributed by atoms with Gasteiger partial charge in [-0.3, -0.25) is 9.48 Å². The molecule has 0 saturated carbocycles. The van der Waals surface area contributed by atoms with Crippen LogP contribution in [-0.2, 0) is 13.6 Å². The molecule has 3 aromatic rings. The van der Waals surface area contributed by atoms with Crippen molar-refractivity contribution in [1.29, 1.82) is 0 Å². The molecule has 0 bridgehead atoms. The zero-order valence-electron chi connectivity index (χ0n) is 13.8. The summed E-state index contributed by atoms with van der Waals surface area (Å²) in [5, 5.41) is 8.80. The van der Waals surface area contributed by atoms with Gasteiger partial charge in [-0.15, -0.1) is 0 Å². The summed E-state index contributed by atoms with van der Waals surface area (Å²) in [6.45, 7) is 2.24. The van der Waals surface area contributed by atoms with Crippen LogP contribution in [-0.4, -0.2) is 25.3 Å². The van der Waals surface area contributed by atoms with Crippen molar-refractivity contribution in [2.45, 2.75) is 13.5 Å². The maximum Gasteiger partial charge on any atom is 0.189 e. The lowest BCUT2D eigenvalue weighted by molar-refractivity contribution is 0.104. The van der Waals surface area contributed by atoms with E-state index in [1.807, 2.05) is 6.92 Å². The number of benzene rings is 1. The van der Waals surface area contributed by atoms with Gasteiger partial charge in [0.2, 0.25) is 0 Å². The number of aryl methyl sites for hydroxylation is 2. The molecule has 0 N–H and O–H groups in total. The highest BCUT2D eigenvalue weighted by Gasteiger charge is 2.12. The molecule has 0 aliphatic carbocycles. The minimum Gasteiger partial charge on any atom is -0.289 e. The van der Waals surface area contributed by atoms with Gasteiger partial charge in [0, 0.05) is 18.8 Å². The molecule has 0 amide bonds. The Hall–Kier alpha value is -2.73. The Morgan fingerprint density at radius 3 is 2.68 bits per heavy atom. The van der Waals surface area contributed by atoms with E-state index >= 15 is 0 Å². The van der Waals surface area contributed by atoms with Crippen LogP contribution in [0.2, 0.25) is 5.15 Å². The lowest BCUT2D eigenvalue weighted by Gasteiger charge is -2.03. The van der Waals surface area contributed by atoms with E-state index in [9.17, 15) is 9.18 Å². The van der Waals surface area contributed by atoms with Gasteiger partial charge in [-0.25, -0.2) is 9.07 Å². The zero-order valence-corrected chi connectivity index (χ0v) is 14.5. The minimum atomic E-state index is -0.288. The number of hydrogen-bond acceptors (Lipinski definition) is 3. The van der Waals surface area contributed by atoms with Crippen LogP contribution in [0.4, 0.5) is 4.39 Å². The van der Waals surface area contributed by atoms with Gasteiger partial charge in [0.15, 0.2) is 5.78 Å². The van der Waals surface area contributed by atoms with Gasteiger partial charge in [0.1, 0.15) is 11.0 Å². The molecule has 0 spiro atoms. The molecule has 128 valence electrons. The summed E-state index contributed by atoms with van der Waals surface area (Å²) in [6, 6.07) is 6.16. The van der Waals surface area contributed by atoms with Gasteiger partial charge in [-0.05, 0) is 36.8 Å². The Morgan fingerprint density at radius 2 is 2.04 bits per heavy atom. The Morgan fingerprint density at radius 1 is 1.32 bits per heavy atom. The predicted molar refractivity (Wildman–Crippen MR) is 94.0 cm³/mol. The molecule has 0 fully saturated rings. The fourth-order valence-electron chi connectivity index (χ4n) is 2.43. The van der Waals surface area contributed by atoms with Crippen molar-refractivity contribution in [3.8, 4) is 0 Å². The average Bonchev–Trinajstić information content (AvgIpc) is 3.12. The number of carbonyl (C=O) groups excluding carboxylic acids is 1. The van der Waals surface area contributed by atoms with Crippen LogP contribution in [0.1, 0.15) is 27.2 Å². The summed E-state index contributed by atoms with van der Waals surface area (Å²) in [7, 11) is 1.75. The lowest BCUT2D eigenvalue weighted by atomic mass is 10.2. The van der Waals surface area contributed by atoms with Crippen LogP contribution < -0.4 is 0 Å². The van der Waals surface area contributed by atoms with Gasteiger partial charge >= 0.3 is 0 Å². The second-order valence-electron chi connectivity index (χ2n) is 5.67. The third kappa shape index (κ3) is 3.85. The average molecular weight is 359 g/mol. The third-order valence-electron chi connectivity index (χ3n) is 3.75. The molecule has 0 aliphatic heterocycles. The Labute approximate surface area is 149 Å². The molecular formula is C18H16ClFN4O. The van der Waals surface area contributed by atoms with Gasteiger partial charge in [0.25, 0.3) is 0 Å². The number of ketones is 1. The van der Waals surface area contributed by atoms with Crippen molar-refractivity contribution in [3.63, 3.8) is 0 Å². The number of nitrogens with zero attached hydrogens (tertiary/aromatic N) is 4. The minimum absolute atomic E-state index is 0.158. The van der Waals surface area contributed by atoms with Crippen LogP contribution in [0.25, 0.3) is 6.08 Å². The summed E-state index contributed by atoms with van der Waals surface area (Å²) in [6.07, 6.45) is 6.27. The number of carbonyl (C=O) groups is 1. The van der Waals surface area contributed by atoms with E-state index in [-0.39, 0.29) is 11.6 Å². The Balaban J connectivity index is 1.80. The predicted octanol–water partition coefficient (Wildman–Crippen LogP) is 3.66. The van der Waals surface area contributed by atoms with E-state index in [1.54, 1.807) is 40.8 Å². The van der Waals surface area contributed by atoms with E-state index in [1.165, 1.54) is 24.4 Å². The number of hydrogen-bond donors (Lipinski definition) is 0. The highest BCUT2D eigenvalue weighted by molar-refractivity contribution is 6.31. The number of aromatic nitrogens is 4. The second kappa shape index (κ2) is 7.03. The van der Waals surface area contributed by atoms with Gasteiger partial charge < -0.3 is 0 Å². The molecule has 0 unspecified atom stereocenters. The largest absolute Gasteiger partial charge is 0.289 e. The van der Waals surface area contributed by atoms with Crippen LogP contribution in [0.5, 0.6) is 0 Å². The fraction of sp³-hybridized carbons (Fsp3) is 0.167. The van der Waals surface area contributed by atoms with Crippen molar-refractivity contribution >= 4 is 23.5 Å². The quantitative estimate of drug-likeness (QED) is 0.516. The first-order chi connectivity index (χ1) is 11.9. The maximum absolute atomic E-state index is 13.0. The summed E-state index contributed by atoms with van der Waals surface area (Å²) in [4.78, 5) is 12.1. The zero-order chi connectivity index (χ0) is 18.0. The van der Waals surface area contributed by atoms with Crippen molar-refractivity contribution in [3.05, 3.63) is 76.1 Å². The van der Waals surface area contributed by atoms with E-state index in [4.69, 9.17) is 11.6 Å². The molecule has 25 heavy (non-hydrogen) atoms. The van der Waals surface area contributed by atoms with E-state index < -0.39 is 0 Å². The van der Waals surface area contributed by atoms with Crippen molar-refractivity contribution in [1.82, 2.24) is 19.6 Å². The molecule has 0 saturated heterocycles. The Bertz CT molecular complexity index is 941. The normalized spacial score (nSPS) is 11.4. The topological polar surface area (TPSA) is 52.7 Å². The number of allylic oxidation sites excluding steroid dienone is 1. The van der Waals surface area contributed by atoms with E-state index in [2.05, 4.69) is 10.2 Å². The molecule has 3 rings (SSSR count). The number of halogens is 2. The van der Waals surface area contributed by atoms with Gasteiger partial charge in [0.05, 0.1) is 24.0 Å². The molecule has 7 heteroatoms. The number of rotatable bonds is 5. The summed E-state index contributed by atoms with van der Waals surface area (Å²) >= 11 is 6.39. The van der Waals surface area contributed by atoms with Crippen LogP contribution in [0.3, 0.4) is 0 Å². The van der Waals surface area contributed by atoms with Crippen molar-refractivity contribution in [2.75, 3.05) is 0 Å². The highest BCUT2D eigenvalue weighted by atomic mass is 35.5. The molecule has 0 aliphatic rings. The van der Waals surface area contributed by atoms with Gasteiger partial charge in [-0.2, -0.15) is 10.2 Å². The van der Waals surface area contributed by atoms with E-state index in [0.717, 1.165) is 5.56 Å². The summed E-state index contributed by atoms with van der Waals surface area (Å²) in [5.41, 5.74) is 2.78. The third-order valence-corrected chi connectivity index (χ3v) is 4.14. The van der Waals surface area contributed by atoms with Crippen molar-refractivity contribution < 1.29 is 9.18 Å². The molecule has 2 aromatic heterocycles. The Kier molecular flexibility index (Phi) is 4.81. The monoisotopic (exact) mass is 358 g/mol. The fourth-order valence-corrected chi connectivity index (χ4v) is 2.73. The molecule has 0 radical (unpaired) electrons. The molecule has 2 heterocycles. The highest BCUT2D eigenvalue weighted by Crippen LogP contribution is 2.22. The molecule has 0 atom stereocenters. The van der Waals surface area contributed by atoms with Crippen LogP contribution >= 0.6 is 11.6 Å². The summed E-state index contributed by atoms with van der Waals surface area (Å²) in [5.74, 6) is -0.445. The molecule has 5 nitrogen and oxygen atoms in total. The SMILES string of the molecule is Cc1nn(Cc2ccc(F)cc2)c(Cl)c1C=CC(=O)c1cnn(C)c1. The second-order valence-corrected chi connectivity index (χ2v) is 6.03. The molecular weight excluding hydrogens is 343 g/mol. The lowest BCUT2D eigenvalue weighted by Crippen LogP contribution is -2.02. The first-order valence-corrected chi connectivity index (χ1v) is 8.00. The van der Waals surface area contributed by atoms with Crippen LogP contribution in [0, 0.1) is 12.7 Å². The smallest absolute Gasteiger partial charge is 0.189 e.